The highest BCUT2D eigenvalue weighted by Crippen LogP contribution is 2.30. The standard InChI is InChI=1S/C13H21NOS/c1-5-10(3)7-12(14-6-2)13-8-11(15-4)9-16-13/h8-9,12,14H,3,5-7H2,1-2,4H3. The molecule has 16 heavy (non-hydrogen) atoms. The molecule has 0 aliphatic carbocycles. The minimum absolute atomic E-state index is 0.381. The van der Waals surface area contributed by atoms with Gasteiger partial charge in [0.25, 0.3) is 0 Å². The van der Waals surface area contributed by atoms with Crippen molar-refractivity contribution in [3.8, 4) is 5.75 Å². The van der Waals surface area contributed by atoms with Gasteiger partial charge in [0.1, 0.15) is 5.75 Å². The summed E-state index contributed by atoms with van der Waals surface area (Å²) in [6.45, 7) is 9.34. The van der Waals surface area contributed by atoms with Crippen LogP contribution in [0.3, 0.4) is 0 Å². The van der Waals surface area contributed by atoms with Crippen molar-refractivity contribution in [2.24, 2.45) is 0 Å². The predicted octanol–water partition coefficient (Wildman–Crippen LogP) is 3.76. The van der Waals surface area contributed by atoms with Crippen molar-refractivity contribution in [2.75, 3.05) is 13.7 Å². The molecule has 0 amide bonds. The van der Waals surface area contributed by atoms with Gasteiger partial charge in [0.2, 0.25) is 0 Å². The van der Waals surface area contributed by atoms with E-state index in [2.05, 4.69) is 31.8 Å². The van der Waals surface area contributed by atoms with Crippen LogP contribution in [0.25, 0.3) is 0 Å². The zero-order valence-electron chi connectivity index (χ0n) is 10.4. The lowest BCUT2D eigenvalue weighted by Crippen LogP contribution is -2.20. The van der Waals surface area contributed by atoms with Gasteiger partial charge in [-0.3, -0.25) is 0 Å². The lowest BCUT2D eigenvalue weighted by molar-refractivity contribution is 0.415. The number of ether oxygens (including phenoxy) is 1. The largest absolute Gasteiger partial charge is 0.496 e. The molecule has 1 N–H and O–H groups in total. The van der Waals surface area contributed by atoms with Gasteiger partial charge in [-0.2, -0.15) is 0 Å². The quantitative estimate of drug-likeness (QED) is 0.731. The van der Waals surface area contributed by atoms with Crippen molar-refractivity contribution in [2.45, 2.75) is 32.7 Å². The van der Waals surface area contributed by atoms with Crippen LogP contribution in [0.4, 0.5) is 0 Å². The van der Waals surface area contributed by atoms with E-state index in [0.717, 1.165) is 25.1 Å². The van der Waals surface area contributed by atoms with Crippen LogP contribution >= 0.6 is 11.3 Å². The Morgan fingerprint density at radius 2 is 2.31 bits per heavy atom. The first kappa shape index (κ1) is 13.3. The van der Waals surface area contributed by atoms with Gasteiger partial charge >= 0.3 is 0 Å². The monoisotopic (exact) mass is 239 g/mol. The van der Waals surface area contributed by atoms with Gasteiger partial charge in [-0.15, -0.1) is 11.3 Å². The molecule has 1 unspecified atom stereocenters. The Balaban J connectivity index is 2.71. The van der Waals surface area contributed by atoms with Crippen molar-refractivity contribution < 1.29 is 4.74 Å². The van der Waals surface area contributed by atoms with E-state index < -0.39 is 0 Å². The molecule has 0 saturated carbocycles. The third kappa shape index (κ3) is 3.65. The van der Waals surface area contributed by atoms with Gasteiger partial charge in [-0.25, -0.2) is 0 Å². The van der Waals surface area contributed by atoms with E-state index in [4.69, 9.17) is 4.74 Å². The van der Waals surface area contributed by atoms with E-state index in [0.29, 0.717) is 6.04 Å². The molecule has 3 heteroatoms. The number of hydrogen-bond acceptors (Lipinski definition) is 3. The first-order chi connectivity index (χ1) is 7.71. The van der Waals surface area contributed by atoms with Crippen molar-refractivity contribution in [3.63, 3.8) is 0 Å². The van der Waals surface area contributed by atoms with Crippen LogP contribution in [0.15, 0.2) is 23.6 Å². The summed E-state index contributed by atoms with van der Waals surface area (Å²) in [5.41, 5.74) is 1.29. The summed E-state index contributed by atoms with van der Waals surface area (Å²) in [5, 5.41) is 5.55. The van der Waals surface area contributed by atoms with Crippen LogP contribution in [-0.4, -0.2) is 13.7 Å². The molecule has 1 aromatic heterocycles. The molecule has 1 aromatic rings. The third-order valence-corrected chi connectivity index (χ3v) is 3.64. The number of thiophene rings is 1. The molecule has 0 aromatic carbocycles. The zero-order valence-corrected chi connectivity index (χ0v) is 11.2. The Bertz CT molecular complexity index is 332. The molecule has 0 spiro atoms. The average Bonchev–Trinajstić information content (AvgIpc) is 2.76. The molecule has 0 fully saturated rings. The highest BCUT2D eigenvalue weighted by atomic mass is 32.1. The Kier molecular flexibility index (Phi) is 5.56. The van der Waals surface area contributed by atoms with Crippen LogP contribution < -0.4 is 10.1 Å². The van der Waals surface area contributed by atoms with Crippen LogP contribution in [0.1, 0.15) is 37.6 Å². The highest BCUT2D eigenvalue weighted by molar-refractivity contribution is 7.10. The van der Waals surface area contributed by atoms with E-state index in [1.54, 1.807) is 18.4 Å². The molecule has 1 rings (SSSR count). The normalized spacial score (nSPS) is 12.4. The fraction of sp³-hybridized carbons (Fsp3) is 0.538. The fourth-order valence-electron chi connectivity index (χ4n) is 1.58. The van der Waals surface area contributed by atoms with Crippen LogP contribution in [0.5, 0.6) is 5.75 Å². The summed E-state index contributed by atoms with van der Waals surface area (Å²) in [4.78, 5) is 1.33. The van der Waals surface area contributed by atoms with Gasteiger partial charge < -0.3 is 10.1 Å². The van der Waals surface area contributed by atoms with E-state index in [1.807, 2.05) is 5.38 Å². The third-order valence-electron chi connectivity index (χ3n) is 2.62. The summed E-state index contributed by atoms with van der Waals surface area (Å²) in [6, 6.07) is 2.49. The Morgan fingerprint density at radius 1 is 1.56 bits per heavy atom. The van der Waals surface area contributed by atoms with Crippen molar-refractivity contribution in [1.29, 1.82) is 0 Å². The van der Waals surface area contributed by atoms with Crippen LogP contribution in [0.2, 0.25) is 0 Å². The van der Waals surface area contributed by atoms with E-state index >= 15 is 0 Å². The molecule has 1 atom stereocenters. The van der Waals surface area contributed by atoms with E-state index in [9.17, 15) is 0 Å². The number of rotatable bonds is 7. The van der Waals surface area contributed by atoms with Gasteiger partial charge in [0.15, 0.2) is 0 Å². The molecule has 1 heterocycles. The Labute approximate surface area is 102 Å². The van der Waals surface area contributed by atoms with Gasteiger partial charge in [-0.05, 0) is 25.5 Å². The van der Waals surface area contributed by atoms with Crippen LogP contribution in [0, 0.1) is 0 Å². The summed E-state index contributed by atoms with van der Waals surface area (Å²) in [5.74, 6) is 0.949. The molecule has 90 valence electrons. The number of methoxy groups -OCH3 is 1. The van der Waals surface area contributed by atoms with Gasteiger partial charge in [0, 0.05) is 16.3 Å². The Hall–Kier alpha value is -0.800. The molecular formula is C13H21NOS. The SMILES string of the molecule is C=C(CC)CC(NCC)c1cc(OC)cs1. The molecular weight excluding hydrogens is 218 g/mol. The topological polar surface area (TPSA) is 21.3 Å². The summed E-state index contributed by atoms with van der Waals surface area (Å²) in [7, 11) is 1.71. The summed E-state index contributed by atoms with van der Waals surface area (Å²) >= 11 is 1.75. The second-order valence-corrected chi connectivity index (χ2v) is 4.75. The highest BCUT2D eigenvalue weighted by Gasteiger charge is 2.13. The second-order valence-electron chi connectivity index (χ2n) is 3.81. The lowest BCUT2D eigenvalue weighted by Gasteiger charge is -2.17. The second kappa shape index (κ2) is 6.71. The zero-order chi connectivity index (χ0) is 12.0. The van der Waals surface area contributed by atoms with Crippen molar-refractivity contribution >= 4 is 11.3 Å². The average molecular weight is 239 g/mol. The minimum Gasteiger partial charge on any atom is -0.496 e. The maximum atomic E-state index is 5.21. The van der Waals surface area contributed by atoms with Gasteiger partial charge in [0.05, 0.1) is 7.11 Å². The Morgan fingerprint density at radius 3 is 2.81 bits per heavy atom. The number of hydrogen-bond donors (Lipinski definition) is 1. The minimum atomic E-state index is 0.381. The van der Waals surface area contributed by atoms with E-state index in [-0.39, 0.29) is 0 Å². The number of nitrogens with one attached hydrogen (secondary N) is 1. The first-order valence-corrected chi connectivity index (χ1v) is 6.61. The van der Waals surface area contributed by atoms with Crippen molar-refractivity contribution in [1.82, 2.24) is 5.32 Å². The molecule has 0 aliphatic heterocycles. The molecule has 0 bridgehead atoms. The molecule has 0 radical (unpaired) electrons. The molecule has 0 aliphatic rings. The lowest BCUT2D eigenvalue weighted by atomic mass is 10.0. The molecule has 2 nitrogen and oxygen atoms in total. The van der Waals surface area contributed by atoms with Crippen molar-refractivity contribution in [3.05, 3.63) is 28.5 Å². The molecule has 0 saturated heterocycles. The van der Waals surface area contributed by atoms with Crippen LogP contribution in [-0.2, 0) is 0 Å². The maximum Gasteiger partial charge on any atom is 0.129 e. The maximum absolute atomic E-state index is 5.21. The van der Waals surface area contributed by atoms with E-state index in [1.165, 1.54) is 10.5 Å². The summed E-state index contributed by atoms with van der Waals surface area (Å²) in [6.07, 6.45) is 2.05. The fourth-order valence-corrected chi connectivity index (χ4v) is 2.51. The predicted molar refractivity (Wildman–Crippen MR) is 71.3 cm³/mol. The summed E-state index contributed by atoms with van der Waals surface area (Å²) < 4.78 is 5.21. The smallest absolute Gasteiger partial charge is 0.129 e. The first-order valence-electron chi connectivity index (χ1n) is 5.73. The van der Waals surface area contributed by atoms with Gasteiger partial charge in [-0.1, -0.05) is 26.0 Å².